The van der Waals surface area contributed by atoms with E-state index in [0.29, 0.717) is 23.7 Å². The standard InChI is InChI=1S/C21H23N3O3S2/c1-3-15-4-8-17(9-5-15)19-14-28-21(23-19)24-20(25)18-10-6-16(7-11-18)12-13-22-29(2,26)27/h4-11,14,22H,3,12-13H2,1-2H3,(H,23,24,25). The molecule has 29 heavy (non-hydrogen) atoms. The van der Waals surface area contributed by atoms with Gasteiger partial charge in [0.15, 0.2) is 5.13 Å². The first-order valence-corrected chi connectivity index (χ1v) is 12.0. The lowest BCUT2D eigenvalue weighted by atomic mass is 10.1. The predicted molar refractivity (Wildman–Crippen MR) is 118 cm³/mol. The van der Waals surface area contributed by atoms with Gasteiger partial charge in [0.05, 0.1) is 11.9 Å². The van der Waals surface area contributed by atoms with E-state index in [1.165, 1.54) is 16.9 Å². The number of nitrogens with one attached hydrogen (secondary N) is 2. The average Bonchev–Trinajstić information content (AvgIpc) is 3.16. The Morgan fingerprint density at radius 1 is 1.03 bits per heavy atom. The van der Waals surface area contributed by atoms with E-state index in [-0.39, 0.29) is 5.91 Å². The van der Waals surface area contributed by atoms with Gasteiger partial charge in [-0.25, -0.2) is 18.1 Å². The maximum Gasteiger partial charge on any atom is 0.257 e. The first-order valence-electron chi connectivity index (χ1n) is 9.24. The van der Waals surface area contributed by atoms with Gasteiger partial charge in [0.25, 0.3) is 5.91 Å². The number of nitrogens with zero attached hydrogens (tertiary/aromatic N) is 1. The molecule has 0 bridgehead atoms. The molecule has 0 aliphatic rings. The van der Waals surface area contributed by atoms with Crippen molar-refractivity contribution in [3.63, 3.8) is 0 Å². The monoisotopic (exact) mass is 429 g/mol. The first-order chi connectivity index (χ1) is 13.8. The van der Waals surface area contributed by atoms with Gasteiger partial charge in [-0.2, -0.15) is 0 Å². The van der Waals surface area contributed by atoms with Crippen LogP contribution in [0.4, 0.5) is 5.13 Å². The molecular formula is C21H23N3O3S2. The zero-order valence-corrected chi connectivity index (χ0v) is 17.9. The molecule has 8 heteroatoms. The van der Waals surface area contributed by atoms with E-state index >= 15 is 0 Å². The topological polar surface area (TPSA) is 88.2 Å². The van der Waals surface area contributed by atoms with Crippen LogP contribution in [0.2, 0.25) is 0 Å². The number of benzene rings is 2. The van der Waals surface area contributed by atoms with Crippen molar-refractivity contribution in [3.05, 3.63) is 70.6 Å². The fourth-order valence-electron chi connectivity index (χ4n) is 2.75. The van der Waals surface area contributed by atoms with Crippen LogP contribution in [-0.4, -0.2) is 32.1 Å². The molecule has 6 nitrogen and oxygen atoms in total. The molecule has 152 valence electrons. The number of hydrogen-bond donors (Lipinski definition) is 2. The van der Waals surface area contributed by atoms with Crippen LogP contribution in [0.1, 0.15) is 28.4 Å². The van der Waals surface area contributed by atoms with Crippen molar-refractivity contribution in [1.82, 2.24) is 9.71 Å². The van der Waals surface area contributed by atoms with Crippen molar-refractivity contribution in [2.75, 3.05) is 18.1 Å². The van der Waals surface area contributed by atoms with Crippen LogP contribution in [0.25, 0.3) is 11.3 Å². The lowest BCUT2D eigenvalue weighted by Crippen LogP contribution is -2.24. The maximum atomic E-state index is 12.5. The van der Waals surface area contributed by atoms with Crippen molar-refractivity contribution in [2.45, 2.75) is 19.8 Å². The third-order valence-corrected chi connectivity index (χ3v) is 5.86. The number of anilines is 1. The Balaban J connectivity index is 1.59. The summed E-state index contributed by atoms with van der Waals surface area (Å²) < 4.78 is 24.6. The Kier molecular flexibility index (Phi) is 6.79. The molecule has 0 radical (unpaired) electrons. The van der Waals surface area contributed by atoms with Crippen LogP contribution in [0.3, 0.4) is 0 Å². The van der Waals surface area contributed by atoms with E-state index in [1.54, 1.807) is 12.1 Å². The molecule has 0 unspecified atom stereocenters. The summed E-state index contributed by atoms with van der Waals surface area (Å²) in [6.45, 7) is 2.44. The van der Waals surface area contributed by atoms with Crippen LogP contribution in [-0.2, 0) is 22.9 Å². The van der Waals surface area contributed by atoms with E-state index in [9.17, 15) is 13.2 Å². The highest BCUT2D eigenvalue weighted by Gasteiger charge is 2.10. The van der Waals surface area contributed by atoms with Crippen molar-refractivity contribution < 1.29 is 13.2 Å². The molecule has 0 saturated heterocycles. The fourth-order valence-corrected chi connectivity index (χ4v) is 3.94. The molecule has 0 atom stereocenters. The Hall–Kier alpha value is -2.55. The molecule has 1 amide bonds. The van der Waals surface area contributed by atoms with E-state index in [2.05, 4.69) is 34.1 Å². The molecule has 2 N–H and O–H groups in total. The second kappa shape index (κ2) is 9.30. The summed E-state index contributed by atoms with van der Waals surface area (Å²) in [7, 11) is -3.19. The second-order valence-electron chi connectivity index (χ2n) is 6.66. The van der Waals surface area contributed by atoms with Gasteiger partial charge >= 0.3 is 0 Å². The number of thiazole rings is 1. The third kappa shape index (κ3) is 6.22. The van der Waals surface area contributed by atoms with Crippen molar-refractivity contribution in [3.8, 4) is 11.3 Å². The van der Waals surface area contributed by atoms with Crippen molar-refractivity contribution in [2.24, 2.45) is 0 Å². The van der Waals surface area contributed by atoms with E-state index in [1.807, 2.05) is 29.6 Å². The minimum atomic E-state index is -3.19. The van der Waals surface area contributed by atoms with E-state index < -0.39 is 10.0 Å². The third-order valence-electron chi connectivity index (χ3n) is 4.38. The summed E-state index contributed by atoms with van der Waals surface area (Å²) in [5.41, 5.74) is 4.60. The quantitative estimate of drug-likeness (QED) is 0.571. The molecule has 0 spiro atoms. The molecule has 3 rings (SSSR count). The largest absolute Gasteiger partial charge is 0.298 e. The number of carbonyl (C=O) groups is 1. The van der Waals surface area contributed by atoms with Gasteiger partial charge in [0.1, 0.15) is 0 Å². The Labute approximate surface area is 175 Å². The van der Waals surface area contributed by atoms with E-state index in [4.69, 9.17) is 0 Å². The number of aryl methyl sites for hydroxylation is 1. The SMILES string of the molecule is CCc1ccc(-c2csc(NC(=O)c3ccc(CCNS(C)(=O)=O)cc3)n2)cc1. The Morgan fingerprint density at radius 2 is 1.69 bits per heavy atom. The summed E-state index contributed by atoms with van der Waals surface area (Å²) in [6, 6.07) is 15.3. The zero-order valence-electron chi connectivity index (χ0n) is 16.3. The summed E-state index contributed by atoms with van der Waals surface area (Å²) in [5, 5.41) is 5.30. The number of rotatable bonds is 8. The van der Waals surface area contributed by atoms with Gasteiger partial charge < -0.3 is 0 Å². The second-order valence-corrected chi connectivity index (χ2v) is 9.35. The van der Waals surface area contributed by atoms with Gasteiger partial charge in [-0.05, 0) is 36.1 Å². The molecule has 1 heterocycles. The van der Waals surface area contributed by atoms with Crippen LogP contribution < -0.4 is 10.0 Å². The highest BCUT2D eigenvalue weighted by molar-refractivity contribution is 7.88. The summed E-state index contributed by atoms with van der Waals surface area (Å²) in [6.07, 6.45) is 2.68. The zero-order chi connectivity index (χ0) is 20.9. The number of aromatic nitrogens is 1. The molecule has 0 aliphatic carbocycles. The van der Waals surface area contributed by atoms with Crippen molar-refractivity contribution in [1.29, 1.82) is 0 Å². The van der Waals surface area contributed by atoms with E-state index in [0.717, 1.165) is 29.5 Å². The molecule has 3 aromatic rings. The fraction of sp³-hybridized carbons (Fsp3) is 0.238. The van der Waals surface area contributed by atoms with Gasteiger partial charge in [0.2, 0.25) is 10.0 Å². The molecular weight excluding hydrogens is 406 g/mol. The van der Waals surface area contributed by atoms with Gasteiger partial charge in [-0.15, -0.1) is 11.3 Å². The lowest BCUT2D eigenvalue weighted by molar-refractivity contribution is 0.102. The summed E-state index contributed by atoms with van der Waals surface area (Å²) in [5.74, 6) is -0.229. The van der Waals surface area contributed by atoms with Crippen LogP contribution in [0.5, 0.6) is 0 Å². The number of amides is 1. The molecule has 2 aromatic carbocycles. The minimum Gasteiger partial charge on any atom is -0.298 e. The number of sulfonamides is 1. The number of carbonyl (C=O) groups excluding carboxylic acids is 1. The van der Waals surface area contributed by atoms with Crippen LogP contribution >= 0.6 is 11.3 Å². The van der Waals surface area contributed by atoms with Gasteiger partial charge in [0, 0.05) is 23.1 Å². The van der Waals surface area contributed by atoms with Crippen molar-refractivity contribution >= 4 is 32.4 Å². The highest BCUT2D eigenvalue weighted by atomic mass is 32.2. The van der Waals surface area contributed by atoms with Crippen LogP contribution in [0, 0.1) is 0 Å². The normalized spacial score (nSPS) is 11.4. The average molecular weight is 430 g/mol. The minimum absolute atomic E-state index is 0.229. The molecule has 0 fully saturated rings. The Bertz CT molecular complexity index is 1070. The lowest BCUT2D eigenvalue weighted by Gasteiger charge is -2.05. The van der Waals surface area contributed by atoms with Crippen LogP contribution in [0.15, 0.2) is 53.9 Å². The first kappa shape index (κ1) is 21.2. The molecule has 0 saturated carbocycles. The Morgan fingerprint density at radius 3 is 2.31 bits per heavy atom. The maximum absolute atomic E-state index is 12.5. The summed E-state index contributed by atoms with van der Waals surface area (Å²) >= 11 is 1.39. The van der Waals surface area contributed by atoms with Gasteiger partial charge in [-0.3, -0.25) is 10.1 Å². The highest BCUT2D eigenvalue weighted by Crippen LogP contribution is 2.25. The molecule has 0 aliphatic heterocycles. The van der Waals surface area contributed by atoms with Gasteiger partial charge in [-0.1, -0.05) is 43.3 Å². The predicted octanol–water partition coefficient (Wildman–Crippen LogP) is 3.72. The number of hydrogen-bond acceptors (Lipinski definition) is 5. The molecule has 1 aromatic heterocycles. The summed E-state index contributed by atoms with van der Waals surface area (Å²) in [4.78, 5) is 17.0. The smallest absolute Gasteiger partial charge is 0.257 e.